The number of carbonyl (C=O) groups is 2. The number of likely N-dealkylation sites (tertiary alicyclic amines) is 1. The smallest absolute Gasteiger partial charge is 0.490 e. The van der Waals surface area contributed by atoms with Gasteiger partial charge in [-0.2, -0.15) is 13.2 Å². The standard InChI is InChI=1S/C26H29N7O3.C2HF3O2/c1-35-22-4-3-11-28-25(22)21-8-6-19-15-29-26(31-33(19)21)30-20-7-5-18(14-23(20)36-2)17-9-12-32(13-10-17)16-24(27)34;3-2(4,5)1(6)7/h3-8,11,14-15,17H,9-10,12-13,16H2,1-2H3,(H2,27,34)(H,30,31);(H,6,7). The van der Waals surface area contributed by atoms with Crippen molar-refractivity contribution in [3.8, 4) is 22.9 Å². The molecule has 4 heterocycles. The summed E-state index contributed by atoms with van der Waals surface area (Å²) < 4.78 is 44.7. The summed E-state index contributed by atoms with van der Waals surface area (Å²) in [7, 11) is 3.28. The van der Waals surface area contributed by atoms with Crippen molar-refractivity contribution in [2.45, 2.75) is 24.9 Å². The molecule has 0 bridgehead atoms. The van der Waals surface area contributed by atoms with E-state index in [1.165, 1.54) is 5.56 Å². The van der Waals surface area contributed by atoms with Crippen LogP contribution in [0.3, 0.4) is 0 Å². The van der Waals surface area contributed by atoms with E-state index in [0.29, 0.717) is 29.9 Å². The number of aromatic nitrogens is 4. The third-order valence-electron chi connectivity index (χ3n) is 6.78. The Hall–Kier alpha value is -4.92. The van der Waals surface area contributed by atoms with Gasteiger partial charge in [0.15, 0.2) is 0 Å². The Balaban J connectivity index is 0.000000541. The number of methoxy groups -OCH3 is 2. The van der Waals surface area contributed by atoms with E-state index in [2.05, 4.69) is 32.3 Å². The number of alkyl halides is 3. The third kappa shape index (κ3) is 7.68. The van der Waals surface area contributed by atoms with E-state index in [1.54, 1.807) is 31.1 Å². The highest BCUT2D eigenvalue weighted by atomic mass is 19.4. The molecule has 5 rings (SSSR count). The molecule has 4 N–H and O–H groups in total. The normalized spacial score (nSPS) is 14.1. The number of aliphatic carboxylic acids is 1. The zero-order chi connectivity index (χ0) is 31.1. The summed E-state index contributed by atoms with van der Waals surface area (Å²) in [5.74, 6) is -0.816. The molecular formula is C28H30F3N7O5. The molecule has 0 saturated carbocycles. The second-order valence-electron chi connectivity index (χ2n) is 9.60. The highest BCUT2D eigenvalue weighted by molar-refractivity contribution is 5.76. The molecular weight excluding hydrogens is 571 g/mol. The van der Waals surface area contributed by atoms with Gasteiger partial charge in [0.25, 0.3) is 0 Å². The van der Waals surface area contributed by atoms with Crippen LogP contribution >= 0.6 is 0 Å². The van der Waals surface area contributed by atoms with Crippen LogP contribution in [0, 0.1) is 0 Å². The van der Waals surface area contributed by atoms with Crippen LogP contribution in [0.2, 0.25) is 0 Å². The molecule has 1 aromatic carbocycles. The number of nitrogens with two attached hydrogens (primary N) is 1. The van der Waals surface area contributed by atoms with E-state index >= 15 is 0 Å². The number of fused-ring (bicyclic) bond motifs is 1. The SMILES string of the molecule is COc1cc(C2CCN(CC(N)=O)CC2)ccc1Nc1ncc2ccc(-c3ncccc3OC)n2n1.O=C(O)C(F)(F)F. The Kier molecular flexibility index (Phi) is 9.65. The fraction of sp³-hybridized carbons (Fsp3) is 0.321. The Labute approximate surface area is 244 Å². The van der Waals surface area contributed by atoms with E-state index in [1.807, 2.05) is 30.3 Å². The van der Waals surface area contributed by atoms with E-state index in [0.717, 1.165) is 48.6 Å². The van der Waals surface area contributed by atoms with Crippen molar-refractivity contribution in [1.29, 1.82) is 0 Å². The van der Waals surface area contributed by atoms with Crippen LogP contribution in [-0.4, -0.2) is 81.5 Å². The maximum atomic E-state index is 11.2. The minimum atomic E-state index is -5.08. The Morgan fingerprint density at radius 2 is 1.77 bits per heavy atom. The first-order valence-electron chi connectivity index (χ1n) is 13.1. The largest absolute Gasteiger partial charge is 0.495 e. The van der Waals surface area contributed by atoms with Gasteiger partial charge in [-0.15, -0.1) is 5.10 Å². The number of hydrogen-bond acceptors (Lipinski definition) is 9. The number of pyridine rings is 1. The van der Waals surface area contributed by atoms with Gasteiger partial charge in [-0.05, 0) is 73.8 Å². The molecule has 1 saturated heterocycles. The number of ether oxygens (including phenoxy) is 2. The van der Waals surface area contributed by atoms with Crippen molar-refractivity contribution >= 4 is 29.0 Å². The lowest BCUT2D eigenvalue weighted by Crippen LogP contribution is -2.39. The molecule has 12 nitrogen and oxygen atoms in total. The van der Waals surface area contributed by atoms with Crippen LogP contribution in [0.4, 0.5) is 24.8 Å². The fourth-order valence-corrected chi connectivity index (χ4v) is 4.72. The van der Waals surface area contributed by atoms with Gasteiger partial charge in [-0.3, -0.25) is 14.7 Å². The summed E-state index contributed by atoms with van der Waals surface area (Å²) in [5.41, 5.74) is 9.67. The molecule has 0 unspecified atom stereocenters. The first-order chi connectivity index (χ1) is 20.5. The molecule has 228 valence electrons. The van der Waals surface area contributed by atoms with Gasteiger partial charge in [0.1, 0.15) is 17.2 Å². The number of amides is 1. The molecule has 0 radical (unpaired) electrons. The lowest BCUT2D eigenvalue weighted by Gasteiger charge is -2.31. The number of carbonyl (C=O) groups excluding carboxylic acids is 1. The molecule has 0 spiro atoms. The molecule has 0 atom stereocenters. The summed E-state index contributed by atoms with van der Waals surface area (Å²) in [4.78, 5) is 31.2. The summed E-state index contributed by atoms with van der Waals surface area (Å²) in [6.07, 6.45) is 0.341. The zero-order valence-electron chi connectivity index (χ0n) is 23.3. The Morgan fingerprint density at radius 1 is 1.07 bits per heavy atom. The minimum absolute atomic E-state index is 0.280. The van der Waals surface area contributed by atoms with E-state index in [4.69, 9.17) is 30.2 Å². The van der Waals surface area contributed by atoms with E-state index < -0.39 is 12.1 Å². The van der Waals surface area contributed by atoms with Gasteiger partial charge >= 0.3 is 12.1 Å². The van der Waals surface area contributed by atoms with Gasteiger partial charge in [0, 0.05) is 6.20 Å². The van der Waals surface area contributed by atoms with Gasteiger partial charge in [0.05, 0.1) is 43.9 Å². The van der Waals surface area contributed by atoms with Crippen LogP contribution < -0.4 is 20.5 Å². The van der Waals surface area contributed by atoms with Gasteiger partial charge in [0.2, 0.25) is 11.9 Å². The predicted octanol–water partition coefficient (Wildman–Crippen LogP) is 3.85. The molecule has 43 heavy (non-hydrogen) atoms. The minimum Gasteiger partial charge on any atom is -0.495 e. The number of nitrogens with one attached hydrogen (secondary N) is 1. The van der Waals surface area contributed by atoms with Crippen molar-refractivity contribution in [3.05, 3.63) is 60.4 Å². The maximum absolute atomic E-state index is 11.2. The fourth-order valence-electron chi connectivity index (χ4n) is 4.72. The second-order valence-corrected chi connectivity index (χ2v) is 9.60. The number of anilines is 2. The number of carboxylic acids is 1. The molecule has 1 aliphatic rings. The molecule has 1 fully saturated rings. The molecule has 1 amide bonds. The summed E-state index contributed by atoms with van der Waals surface area (Å²) in [5, 5.41) is 15.1. The Bertz CT molecular complexity index is 1590. The average Bonchev–Trinajstić information content (AvgIpc) is 3.40. The van der Waals surface area contributed by atoms with Gasteiger partial charge in [-0.25, -0.2) is 14.3 Å². The first-order valence-corrected chi connectivity index (χ1v) is 13.1. The van der Waals surface area contributed by atoms with Gasteiger partial charge in [-0.1, -0.05) is 6.07 Å². The van der Waals surface area contributed by atoms with E-state index in [9.17, 15) is 18.0 Å². The van der Waals surface area contributed by atoms with Crippen molar-refractivity contribution in [2.75, 3.05) is 39.2 Å². The van der Waals surface area contributed by atoms with Crippen molar-refractivity contribution in [1.82, 2.24) is 24.5 Å². The maximum Gasteiger partial charge on any atom is 0.490 e. The lowest BCUT2D eigenvalue weighted by atomic mass is 9.89. The quantitative estimate of drug-likeness (QED) is 0.271. The number of hydrogen-bond donors (Lipinski definition) is 3. The summed E-state index contributed by atoms with van der Waals surface area (Å²) in [6, 6.07) is 13.8. The number of nitrogens with zero attached hydrogens (tertiary/aromatic N) is 5. The molecule has 4 aromatic rings. The van der Waals surface area contributed by atoms with E-state index in [-0.39, 0.29) is 5.91 Å². The second kappa shape index (κ2) is 13.4. The number of primary amides is 1. The van der Waals surface area contributed by atoms with Crippen LogP contribution in [0.1, 0.15) is 24.3 Å². The van der Waals surface area contributed by atoms with Crippen molar-refractivity contribution in [2.24, 2.45) is 5.73 Å². The monoisotopic (exact) mass is 601 g/mol. The number of halogens is 3. The number of benzene rings is 1. The zero-order valence-corrected chi connectivity index (χ0v) is 23.3. The lowest BCUT2D eigenvalue weighted by molar-refractivity contribution is -0.192. The number of rotatable bonds is 8. The van der Waals surface area contributed by atoms with Crippen molar-refractivity contribution in [3.63, 3.8) is 0 Å². The Morgan fingerprint density at radius 3 is 2.40 bits per heavy atom. The summed E-state index contributed by atoms with van der Waals surface area (Å²) in [6.45, 7) is 2.02. The highest BCUT2D eigenvalue weighted by Crippen LogP contribution is 2.35. The van der Waals surface area contributed by atoms with Gasteiger partial charge < -0.3 is 25.6 Å². The van der Waals surface area contributed by atoms with Crippen LogP contribution in [0.25, 0.3) is 16.9 Å². The first kappa shape index (κ1) is 31.0. The molecule has 1 aliphatic heterocycles. The van der Waals surface area contributed by atoms with Crippen LogP contribution in [0.15, 0.2) is 54.9 Å². The predicted molar refractivity (Wildman–Crippen MR) is 150 cm³/mol. The summed E-state index contributed by atoms with van der Waals surface area (Å²) >= 11 is 0. The topological polar surface area (TPSA) is 157 Å². The van der Waals surface area contributed by atoms with Crippen LogP contribution in [-0.2, 0) is 9.59 Å². The molecule has 3 aromatic heterocycles. The third-order valence-corrected chi connectivity index (χ3v) is 6.78. The number of piperidine rings is 1. The average molecular weight is 602 g/mol. The van der Waals surface area contributed by atoms with Crippen molar-refractivity contribution < 1.29 is 37.3 Å². The molecule has 15 heteroatoms. The highest BCUT2D eigenvalue weighted by Gasteiger charge is 2.38. The van der Waals surface area contributed by atoms with Crippen LogP contribution in [0.5, 0.6) is 11.5 Å². The molecule has 0 aliphatic carbocycles. The number of carboxylic acid groups (broad SMARTS) is 1.